The molecule has 5 nitrogen and oxygen atoms in total. The number of halogens is 2. The molecule has 0 radical (unpaired) electrons. The van der Waals surface area contributed by atoms with Gasteiger partial charge in [-0.15, -0.1) is 0 Å². The number of fused-ring (bicyclic) bond motifs is 1. The Hall–Kier alpha value is -1.96. The number of nitrogens with zero attached hydrogens (tertiary/aromatic N) is 1. The lowest BCUT2D eigenvalue weighted by Gasteiger charge is -2.39. The first-order valence-electron chi connectivity index (χ1n) is 10.1. The van der Waals surface area contributed by atoms with Gasteiger partial charge < -0.3 is 24.6 Å². The standard InChI is InChI=1S/C23H25ClFNO4/c1-2-13-6-8-14(9-7-13)10-15-11-26(17-5-3-4-16(24)19(15)17)23-22(29)21(28)20(25)18(12-27)30-23/h3-9,11,18,20-23,27-29H,2,10,12H2,1H3/t18-,20-,21+,22-,23?/m1/s1. The number of aliphatic hydroxyl groups excluding tert-OH is 3. The Morgan fingerprint density at radius 3 is 2.43 bits per heavy atom. The molecule has 1 saturated heterocycles. The van der Waals surface area contributed by atoms with Crippen LogP contribution in [0.1, 0.15) is 29.8 Å². The molecule has 3 aromatic rings. The van der Waals surface area contributed by atoms with Crippen molar-refractivity contribution in [3.63, 3.8) is 0 Å². The third-order valence-electron chi connectivity index (χ3n) is 5.80. The van der Waals surface area contributed by atoms with E-state index in [0.717, 1.165) is 22.9 Å². The van der Waals surface area contributed by atoms with Gasteiger partial charge in [-0.3, -0.25) is 0 Å². The summed E-state index contributed by atoms with van der Waals surface area (Å²) in [6.07, 6.45) is -3.92. The molecule has 0 amide bonds. The van der Waals surface area contributed by atoms with Crippen LogP contribution in [0, 0.1) is 0 Å². The molecule has 7 heteroatoms. The highest BCUT2D eigenvalue weighted by atomic mass is 35.5. The van der Waals surface area contributed by atoms with Crippen molar-refractivity contribution in [1.29, 1.82) is 0 Å². The van der Waals surface area contributed by atoms with E-state index in [9.17, 15) is 19.7 Å². The van der Waals surface area contributed by atoms with Crippen LogP contribution in [0.5, 0.6) is 0 Å². The number of rotatable bonds is 5. The molecular weight excluding hydrogens is 409 g/mol. The first-order valence-corrected chi connectivity index (χ1v) is 10.4. The highest BCUT2D eigenvalue weighted by molar-refractivity contribution is 6.35. The summed E-state index contributed by atoms with van der Waals surface area (Å²) in [5, 5.41) is 31.5. The molecule has 30 heavy (non-hydrogen) atoms. The minimum absolute atomic E-state index is 0.555. The van der Waals surface area contributed by atoms with Gasteiger partial charge in [0.25, 0.3) is 0 Å². The van der Waals surface area contributed by atoms with Crippen LogP contribution in [0.2, 0.25) is 5.02 Å². The Kier molecular flexibility index (Phi) is 6.14. The van der Waals surface area contributed by atoms with Crippen molar-refractivity contribution in [2.24, 2.45) is 0 Å². The molecule has 2 heterocycles. The van der Waals surface area contributed by atoms with Crippen LogP contribution in [0.4, 0.5) is 4.39 Å². The molecule has 1 aromatic heterocycles. The van der Waals surface area contributed by atoms with Crippen LogP contribution in [0.15, 0.2) is 48.7 Å². The molecule has 1 unspecified atom stereocenters. The van der Waals surface area contributed by atoms with E-state index in [2.05, 4.69) is 31.2 Å². The summed E-state index contributed by atoms with van der Waals surface area (Å²) < 4.78 is 21.5. The molecular formula is C23H25ClFNO4. The predicted octanol–water partition coefficient (Wildman–Crippen LogP) is 3.40. The van der Waals surface area contributed by atoms with Gasteiger partial charge in [-0.05, 0) is 41.7 Å². The van der Waals surface area contributed by atoms with Crippen LogP contribution < -0.4 is 0 Å². The van der Waals surface area contributed by atoms with E-state index in [1.165, 1.54) is 5.56 Å². The molecule has 0 aliphatic carbocycles. The largest absolute Gasteiger partial charge is 0.394 e. The smallest absolute Gasteiger partial charge is 0.163 e. The van der Waals surface area contributed by atoms with Crippen molar-refractivity contribution < 1.29 is 24.4 Å². The average Bonchev–Trinajstić information content (AvgIpc) is 3.12. The zero-order valence-corrected chi connectivity index (χ0v) is 17.3. The van der Waals surface area contributed by atoms with E-state index in [1.807, 2.05) is 12.3 Å². The summed E-state index contributed by atoms with van der Waals surface area (Å²) >= 11 is 6.51. The molecule has 1 fully saturated rings. The van der Waals surface area contributed by atoms with Crippen LogP contribution in [-0.4, -0.2) is 51.0 Å². The first kappa shape index (κ1) is 21.3. The Morgan fingerprint density at radius 2 is 1.77 bits per heavy atom. The molecule has 3 N–H and O–H groups in total. The van der Waals surface area contributed by atoms with E-state index in [1.54, 1.807) is 16.7 Å². The first-order chi connectivity index (χ1) is 14.4. The van der Waals surface area contributed by atoms with Crippen LogP contribution in [-0.2, 0) is 17.6 Å². The fourth-order valence-electron chi connectivity index (χ4n) is 4.09. The van der Waals surface area contributed by atoms with E-state index < -0.39 is 37.3 Å². The van der Waals surface area contributed by atoms with E-state index in [0.29, 0.717) is 17.0 Å². The molecule has 1 aliphatic rings. The summed E-state index contributed by atoms with van der Waals surface area (Å²) in [5.41, 5.74) is 3.98. The average molecular weight is 434 g/mol. The molecule has 4 rings (SSSR count). The maximum absolute atomic E-state index is 14.2. The Balaban J connectivity index is 1.76. The fourth-order valence-corrected chi connectivity index (χ4v) is 4.38. The highest BCUT2D eigenvalue weighted by Crippen LogP contribution is 2.37. The number of aromatic nitrogens is 1. The van der Waals surface area contributed by atoms with Crippen molar-refractivity contribution in [3.05, 3.63) is 70.4 Å². The zero-order chi connectivity index (χ0) is 21.4. The monoisotopic (exact) mass is 433 g/mol. The molecule has 0 saturated carbocycles. The fraction of sp³-hybridized carbons (Fsp3) is 0.391. The summed E-state index contributed by atoms with van der Waals surface area (Å²) in [5.74, 6) is 0. The third kappa shape index (κ3) is 3.74. The lowest BCUT2D eigenvalue weighted by atomic mass is 9.99. The number of ether oxygens (including phenoxy) is 1. The summed E-state index contributed by atoms with van der Waals surface area (Å²) in [7, 11) is 0. The molecule has 160 valence electrons. The van der Waals surface area contributed by atoms with Crippen LogP contribution >= 0.6 is 11.6 Å². The van der Waals surface area contributed by atoms with Gasteiger partial charge in [0, 0.05) is 11.6 Å². The normalized spacial score (nSPS) is 26.9. The van der Waals surface area contributed by atoms with Crippen molar-refractivity contribution in [3.8, 4) is 0 Å². The number of aryl methyl sites for hydroxylation is 1. The second-order valence-electron chi connectivity index (χ2n) is 7.72. The molecule has 0 spiro atoms. The van der Waals surface area contributed by atoms with E-state index >= 15 is 0 Å². The van der Waals surface area contributed by atoms with Crippen molar-refractivity contribution in [2.75, 3.05) is 6.61 Å². The lowest BCUT2D eigenvalue weighted by molar-refractivity contribution is -0.234. The SMILES string of the molecule is CCc1ccc(Cc2cn(C3O[C@H](CO)[C@@H](F)[C@H](O)[C@H]3O)c3cccc(Cl)c23)cc1. The third-order valence-corrected chi connectivity index (χ3v) is 6.12. The van der Waals surface area contributed by atoms with Crippen molar-refractivity contribution in [2.45, 2.75) is 50.5 Å². The van der Waals surface area contributed by atoms with Crippen LogP contribution in [0.25, 0.3) is 10.9 Å². The summed E-state index contributed by atoms with van der Waals surface area (Å²) in [4.78, 5) is 0. The topological polar surface area (TPSA) is 74.9 Å². The molecule has 5 atom stereocenters. The molecule has 1 aliphatic heterocycles. The van der Waals surface area contributed by atoms with E-state index in [4.69, 9.17) is 16.3 Å². The number of benzene rings is 2. The summed E-state index contributed by atoms with van der Waals surface area (Å²) in [6.45, 7) is 1.51. The second kappa shape index (κ2) is 8.65. The minimum Gasteiger partial charge on any atom is -0.394 e. The van der Waals surface area contributed by atoms with Gasteiger partial charge in [0.05, 0.1) is 17.1 Å². The van der Waals surface area contributed by atoms with Gasteiger partial charge in [0.15, 0.2) is 12.4 Å². The lowest BCUT2D eigenvalue weighted by Crippen LogP contribution is -2.54. The van der Waals surface area contributed by atoms with Gasteiger partial charge in [-0.25, -0.2) is 4.39 Å². The Labute approximate surface area is 179 Å². The Morgan fingerprint density at radius 1 is 1.07 bits per heavy atom. The van der Waals surface area contributed by atoms with Gasteiger partial charge in [-0.1, -0.05) is 48.9 Å². The zero-order valence-electron chi connectivity index (χ0n) is 16.6. The maximum atomic E-state index is 14.2. The Bertz CT molecular complexity index is 1020. The maximum Gasteiger partial charge on any atom is 0.163 e. The summed E-state index contributed by atoms with van der Waals surface area (Å²) in [6, 6.07) is 13.7. The van der Waals surface area contributed by atoms with Crippen LogP contribution in [0.3, 0.4) is 0 Å². The number of aliphatic hydroxyl groups is 3. The van der Waals surface area contributed by atoms with Crippen molar-refractivity contribution >= 4 is 22.5 Å². The highest BCUT2D eigenvalue weighted by Gasteiger charge is 2.45. The second-order valence-corrected chi connectivity index (χ2v) is 8.12. The van der Waals surface area contributed by atoms with Gasteiger partial charge in [-0.2, -0.15) is 0 Å². The number of alkyl halides is 1. The quantitative estimate of drug-likeness (QED) is 0.576. The van der Waals surface area contributed by atoms with Gasteiger partial charge >= 0.3 is 0 Å². The van der Waals surface area contributed by atoms with Gasteiger partial charge in [0.1, 0.15) is 18.3 Å². The minimum atomic E-state index is -1.87. The molecule has 0 bridgehead atoms. The van der Waals surface area contributed by atoms with Gasteiger partial charge in [0.2, 0.25) is 0 Å². The predicted molar refractivity (Wildman–Crippen MR) is 113 cm³/mol. The molecule has 2 aromatic carbocycles. The van der Waals surface area contributed by atoms with E-state index in [-0.39, 0.29) is 0 Å². The number of hydrogen-bond acceptors (Lipinski definition) is 4. The van der Waals surface area contributed by atoms with Crippen molar-refractivity contribution in [1.82, 2.24) is 4.57 Å². The number of hydrogen-bond donors (Lipinski definition) is 3.